The summed E-state index contributed by atoms with van der Waals surface area (Å²) in [7, 11) is -0.393. The van der Waals surface area contributed by atoms with Crippen molar-refractivity contribution in [1.82, 2.24) is 5.32 Å². The molecule has 1 amide bonds. The Kier molecular flexibility index (Phi) is 5.76. The highest BCUT2D eigenvalue weighted by Crippen LogP contribution is 2.36. The van der Waals surface area contributed by atoms with Crippen molar-refractivity contribution >= 4 is 18.5 Å². The van der Waals surface area contributed by atoms with E-state index in [2.05, 4.69) is 12.2 Å². The number of hydrogen-bond acceptors (Lipinski definition) is 3. The summed E-state index contributed by atoms with van der Waals surface area (Å²) in [4.78, 5) is 12.3. The van der Waals surface area contributed by atoms with Crippen molar-refractivity contribution in [1.29, 1.82) is 0 Å². The first-order chi connectivity index (χ1) is 11.2. The van der Waals surface area contributed by atoms with Gasteiger partial charge in [-0.05, 0) is 58.6 Å². The fourth-order valence-electron chi connectivity index (χ4n) is 2.66. The predicted molar refractivity (Wildman–Crippen MR) is 98.6 cm³/mol. The van der Waals surface area contributed by atoms with Gasteiger partial charge in [-0.2, -0.15) is 0 Å². The predicted octanol–water partition coefficient (Wildman–Crippen LogP) is 3.29. The lowest BCUT2D eigenvalue weighted by atomic mass is 9.79. The Morgan fingerprint density at radius 2 is 1.67 bits per heavy atom. The van der Waals surface area contributed by atoms with E-state index < -0.39 is 7.12 Å². The van der Waals surface area contributed by atoms with Gasteiger partial charge in [0.1, 0.15) is 0 Å². The molecule has 1 aromatic rings. The van der Waals surface area contributed by atoms with E-state index in [4.69, 9.17) is 9.31 Å². The molecule has 1 unspecified atom stereocenters. The van der Waals surface area contributed by atoms with E-state index in [0.717, 1.165) is 24.7 Å². The van der Waals surface area contributed by atoms with Gasteiger partial charge in [-0.15, -0.1) is 0 Å². The molecule has 0 saturated carbocycles. The summed E-state index contributed by atoms with van der Waals surface area (Å²) in [5.74, 6) is -0.0286. The molecule has 132 valence electrons. The molecule has 1 fully saturated rings. The number of carbonyl (C=O) groups excluding carboxylic acids is 1. The van der Waals surface area contributed by atoms with Crippen LogP contribution in [-0.4, -0.2) is 30.3 Å². The summed E-state index contributed by atoms with van der Waals surface area (Å²) < 4.78 is 12.1. The van der Waals surface area contributed by atoms with Crippen LogP contribution in [0.25, 0.3) is 0 Å². The third-order valence-corrected chi connectivity index (χ3v) is 5.07. The Morgan fingerprint density at radius 1 is 1.12 bits per heavy atom. The molecule has 2 rings (SSSR count). The minimum atomic E-state index is -0.393. The van der Waals surface area contributed by atoms with Crippen molar-refractivity contribution in [2.75, 3.05) is 0 Å². The van der Waals surface area contributed by atoms with Crippen molar-refractivity contribution in [2.45, 2.75) is 78.0 Å². The number of benzene rings is 1. The smallest absolute Gasteiger partial charge is 0.399 e. The van der Waals surface area contributed by atoms with Crippen LogP contribution in [0.2, 0.25) is 0 Å². The highest BCUT2D eigenvalue weighted by atomic mass is 16.7. The van der Waals surface area contributed by atoms with Gasteiger partial charge < -0.3 is 14.6 Å². The maximum Gasteiger partial charge on any atom is 0.494 e. The molecule has 0 spiro atoms. The van der Waals surface area contributed by atoms with Gasteiger partial charge in [0.15, 0.2) is 0 Å². The molecule has 0 bridgehead atoms. The highest BCUT2D eigenvalue weighted by molar-refractivity contribution is 6.62. The number of carbonyl (C=O) groups is 1. The molecular formula is C19H30BNO3. The van der Waals surface area contributed by atoms with Crippen LogP contribution < -0.4 is 10.8 Å². The maximum absolute atomic E-state index is 12.3. The molecule has 1 aliphatic rings. The minimum absolute atomic E-state index is 0.0286. The van der Waals surface area contributed by atoms with Gasteiger partial charge in [-0.25, -0.2) is 0 Å². The zero-order valence-corrected chi connectivity index (χ0v) is 15.8. The number of unbranched alkanes of at least 4 members (excludes halogenated alkanes) is 1. The molecule has 4 nitrogen and oxygen atoms in total. The Morgan fingerprint density at radius 3 is 2.17 bits per heavy atom. The molecule has 1 heterocycles. The molecule has 1 aliphatic heterocycles. The van der Waals surface area contributed by atoms with Gasteiger partial charge >= 0.3 is 7.12 Å². The number of rotatable bonds is 6. The number of nitrogens with one attached hydrogen (secondary N) is 1. The van der Waals surface area contributed by atoms with Gasteiger partial charge in [0.2, 0.25) is 0 Å². The van der Waals surface area contributed by atoms with Gasteiger partial charge in [0, 0.05) is 11.6 Å². The second-order valence-electron chi connectivity index (χ2n) is 7.73. The minimum Gasteiger partial charge on any atom is -0.399 e. The summed E-state index contributed by atoms with van der Waals surface area (Å²) in [6.45, 7) is 12.3. The van der Waals surface area contributed by atoms with Crippen molar-refractivity contribution < 1.29 is 14.1 Å². The Hall–Kier alpha value is -1.33. The first-order valence-electron chi connectivity index (χ1n) is 8.93. The molecule has 5 heteroatoms. The largest absolute Gasteiger partial charge is 0.494 e. The standard InChI is InChI=1S/C19H30BNO3/c1-7-8-9-14(2)21-17(22)15-10-12-16(13-11-15)20-23-18(3,4)19(5,6)24-20/h10-14H,7-9H2,1-6H3,(H,21,22). The molecule has 1 atom stereocenters. The summed E-state index contributed by atoms with van der Waals surface area (Å²) in [5, 5.41) is 3.04. The normalized spacial score (nSPS) is 20.0. The molecule has 24 heavy (non-hydrogen) atoms. The molecule has 0 aliphatic carbocycles. The lowest BCUT2D eigenvalue weighted by molar-refractivity contribution is 0.00578. The molecule has 0 aromatic heterocycles. The third kappa shape index (κ3) is 4.20. The van der Waals surface area contributed by atoms with Gasteiger partial charge in [0.05, 0.1) is 11.2 Å². The fourth-order valence-corrected chi connectivity index (χ4v) is 2.66. The van der Waals surface area contributed by atoms with Crippen molar-refractivity contribution in [3.8, 4) is 0 Å². The Labute approximate surface area is 146 Å². The molecule has 1 aromatic carbocycles. The maximum atomic E-state index is 12.3. The summed E-state index contributed by atoms with van der Waals surface area (Å²) in [6.07, 6.45) is 3.28. The van der Waals surface area contributed by atoms with Crippen LogP contribution >= 0.6 is 0 Å². The highest BCUT2D eigenvalue weighted by Gasteiger charge is 2.51. The second kappa shape index (κ2) is 7.28. The lowest BCUT2D eigenvalue weighted by Crippen LogP contribution is -2.41. The lowest BCUT2D eigenvalue weighted by Gasteiger charge is -2.32. The summed E-state index contributed by atoms with van der Waals surface area (Å²) in [6, 6.07) is 7.69. The van der Waals surface area contributed by atoms with E-state index in [9.17, 15) is 4.79 Å². The van der Waals surface area contributed by atoms with Crippen molar-refractivity contribution in [3.05, 3.63) is 29.8 Å². The van der Waals surface area contributed by atoms with E-state index in [1.54, 1.807) is 0 Å². The zero-order valence-electron chi connectivity index (χ0n) is 15.8. The van der Waals surface area contributed by atoms with Gasteiger partial charge in [-0.1, -0.05) is 31.9 Å². The summed E-state index contributed by atoms with van der Waals surface area (Å²) in [5.41, 5.74) is 0.882. The van der Waals surface area contributed by atoms with E-state index >= 15 is 0 Å². The average molecular weight is 331 g/mol. The van der Waals surface area contributed by atoms with Gasteiger partial charge in [-0.3, -0.25) is 4.79 Å². The van der Waals surface area contributed by atoms with Crippen LogP contribution in [0.1, 0.15) is 71.2 Å². The molecule has 0 radical (unpaired) electrons. The van der Waals surface area contributed by atoms with Crippen molar-refractivity contribution in [3.63, 3.8) is 0 Å². The fraction of sp³-hybridized carbons (Fsp3) is 0.632. The van der Waals surface area contributed by atoms with E-state index in [0.29, 0.717) is 5.56 Å². The van der Waals surface area contributed by atoms with Crippen LogP contribution in [0.4, 0.5) is 0 Å². The number of amides is 1. The SMILES string of the molecule is CCCCC(C)NC(=O)c1ccc(B2OC(C)(C)C(C)(C)O2)cc1. The van der Waals surface area contributed by atoms with E-state index in [1.807, 2.05) is 58.9 Å². The Balaban J connectivity index is 2.00. The van der Waals surface area contributed by atoms with E-state index in [1.165, 1.54) is 0 Å². The third-order valence-electron chi connectivity index (χ3n) is 5.07. The van der Waals surface area contributed by atoms with Crippen molar-refractivity contribution in [2.24, 2.45) is 0 Å². The van der Waals surface area contributed by atoms with Crippen LogP contribution in [-0.2, 0) is 9.31 Å². The molecule has 1 N–H and O–H groups in total. The summed E-state index contributed by atoms with van der Waals surface area (Å²) >= 11 is 0. The first-order valence-corrected chi connectivity index (χ1v) is 8.93. The molecular weight excluding hydrogens is 301 g/mol. The van der Waals surface area contributed by atoms with Crippen LogP contribution in [0.15, 0.2) is 24.3 Å². The average Bonchev–Trinajstić information content (AvgIpc) is 2.73. The molecule has 1 saturated heterocycles. The number of hydrogen-bond donors (Lipinski definition) is 1. The second-order valence-corrected chi connectivity index (χ2v) is 7.73. The topological polar surface area (TPSA) is 47.6 Å². The van der Waals surface area contributed by atoms with E-state index in [-0.39, 0.29) is 23.2 Å². The first kappa shape index (κ1) is 19.0. The van der Waals surface area contributed by atoms with Crippen LogP contribution in [0.5, 0.6) is 0 Å². The Bertz CT molecular complexity index is 552. The van der Waals surface area contributed by atoms with Crippen LogP contribution in [0, 0.1) is 0 Å². The van der Waals surface area contributed by atoms with Crippen LogP contribution in [0.3, 0.4) is 0 Å². The monoisotopic (exact) mass is 331 g/mol. The van der Waals surface area contributed by atoms with Gasteiger partial charge in [0.25, 0.3) is 5.91 Å². The zero-order chi connectivity index (χ0) is 18.0. The quantitative estimate of drug-likeness (QED) is 0.814.